The van der Waals surface area contributed by atoms with Crippen LogP contribution in [0.5, 0.6) is 0 Å². The Morgan fingerprint density at radius 1 is 1.48 bits per heavy atom. The number of rotatable bonds is 3. The van der Waals surface area contributed by atoms with Gasteiger partial charge in [0.2, 0.25) is 5.91 Å². The maximum absolute atomic E-state index is 13.4. The van der Waals surface area contributed by atoms with E-state index < -0.39 is 11.9 Å². The lowest BCUT2D eigenvalue weighted by Crippen LogP contribution is -2.41. The van der Waals surface area contributed by atoms with Crippen LogP contribution < -0.4 is 5.32 Å². The summed E-state index contributed by atoms with van der Waals surface area (Å²) < 4.78 is 13.4. The van der Waals surface area contributed by atoms with Gasteiger partial charge in [-0.1, -0.05) is 11.6 Å². The summed E-state index contributed by atoms with van der Waals surface area (Å²) >= 11 is 6.98. The summed E-state index contributed by atoms with van der Waals surface area (Å²) in [6, 6.07) is 3.65. The number of likely N-dealkylation sites (N-methyl/N-ethyl adjacent to an activating group) is 1. The molecule has 23 heavy (non-hydrogen) atoms. The van der Waals surface area contributed by atoms with Crippen molar-refractivity contribution in [2.24, 2.45) is 0 Å². The number of benzene rings is 1. The number of halogens is 2. The number of carbonyl (C=O) groups excluding carboxylic acids is 2. The van der Waals surface area contributed by atoms with Gasteiger partial charge < -0.3 is 10.2 Å². The third-order valence-corrected chi connectivity index (χ3v) is 4.89. The van der Waals surface area contributed by atoms with E-state index in [0.29, 0.717) is 28.4 Å². The highest BCUT2D eigenvalue weighted by molar-refractivity contribution is 7.16. The van der Waals surface area contributed by atoms with Crippen molar-refractivity contribution >= 4 is 34.8 Å². The normalized spacial score (nSPS) is 17.2. The van der Waals surface area contributed by atoms with Gasteiger partial charge in [0, 0.05) is 24.2 Å². The number of hydrogen-bond donors (Lipinski definition) is 1. The molecular formula is C15H13ClFN3O2S. The van der Waals surface area contributed by atoms with Gasteiger partial charge in [-0.05, 0) is 24.6 Å². The standard InChI is InChI=1S/C15H13ClFN3O2S/c1-20(11-2-3-18-13(11)21)15(22)12-7-19-14(23-12)8-4-9(16)6-10(17)5-8/h4-7,11H,2-3H2,1H3,(H,18,21)/t11-/m0/s1. The Balaban J connectivity index is 1.83. The van der Waals surface area contributed by atoms with Crippen molar-refractivity contribution < 1.29 is 14.0 Å². The molecule has 2 amide bonds. The number of nitrogens with one attached hydrogen (secondary N) is 1. The van der Waals surface area contributed by atoms with E-state index in [1.807, 2.05) is 0 Å². The third-order valence-electron chi connectivity index (χ3n) is 3.63. The molecule has 2 heterocycles. The topological polar surface area (TPSA) is 62.3 Å². The fourth-order valence-electron chi connectivity index (χ4n) is 2.45. The molecule has 1 aliphatic heterocycles. The second-order valence-corrected chi connectivity index (χ2v) is 6.67. The van der Waals surface area contributed by atoms with E-state index >= 15 is 0 Å². The second kappa shape index (κ2) is 6.25. The molecule has 0 spiro atoms. The van der Waals surface area contributed by atoms with Gasteiger partial charge in [-0.2, -0.15) is 0 Å². The summed E-state index contributed by atoms with van der Waals surface area (Å²) in [6.07, 6.45) is 2.02. The minimum Gasteiger partial charge on any atom is -0.354 e. The predicted octanol–water partition coefficient (Wildman–Crippen LogP) is 2.56. The molecule has 1 fully saturated rings. The van der Waals surface area contributed by atoms with Gasteiger partial charge in [0.25, 0.3) is 5.91 Å². The highest BCUT2D eigenvalue weighted by Gasteiger charge is 2.32. The first-order chi connectivity index (χ1) is 11.0. The smallest absolute Gasteiger partial charge is 0.266 e. The van der Waals surface area contributed by atoms with Gasteiger partial charge in [-0.25, -0.2) is 9.37 Å². The van der Waals surface area contributed by atoms with Crippen molar-refractivity contribution in [2.75, 3.05) is 13.6 Å². The molecule has 0 unspecified atom stereocenters. The van der Waals surface area contributed by atoms with Crippen molar-refractivity contribution in [3.63, 3.8) is 0 Å². The van der Waals surface area contributed by atoms with Crippen molar-refractivity contribution in [1.29, 1.82) is 0 Å². The van der Waals surface area contributed by atoms with Gasteiger partial charge in [0.05, 0.1) is 6.20 Å². The molecule has 1 atom stereocenters. The highest BCUT2D eigenvalue weighted by Crippen LogP contribution is 2.29. The van der Waals surface area contributed by atoms with E-state index in [-0.39, 0.29) is 16.8 Å². The largest absolute Gasteiger partial charge is 0.354 e. The van der Waals surface area contributed by atoms with E-state index in [1.54, 1.807) is 13.1 Å². The van der Waals surface area contributed by atoms with E-state index in [2.05, 4.69) is 10.3 Å². The number of hydrogen-bond acceptors (Lipinski definition) is 4. The monoisotopic (exact) mass is 353 g/mol. The molecule has 0 aliphatic carbocycles. The van der Waals surface area contributed by atoms with Crippen molar-refractivity contribution in [1.82, 2.24) is 15.2 Å². The summed E-state index contributed by atoms with van der Waals surface area (Å²) in [5, 5.41) is 3.46. The zero-order chi connectivity index (χ0) is 16.6. The van der Waals surface area contributed by atoms with Crippen LogP contribution in [-0.2, 0) is 4.79 Å². The Kier molecular flexibility index (Phi) is 4.32. The van der Waals surface area contributed by atoms with Crippen LogP contribution in [0, 0.1) is 5.82 Å². The first kappa shape index (κ1) is 15.9. The van der Waals surface area contributed by atoms with Gasteiger partial charge in [0.15, 0.2) is 0 Å². The number of carbonyl (C=O) groups is 2. The summed E-state index contributed by atoms with van der Waals surface area (Å²) in [7, 11) is 1.59. The Morgan fingerprint density at radius 3 is 2.91 bits per heavy atom. The molecule has 1 aromatic heterocycles. The zero-order valence-electron chi connectivity index (χ0n) is 12.2. The van der Waals surface area contributed by atoms with E-state index in [0.717, 1.165) is 11.3 Å². The predicted molar refractivity (Wildman–Crippen MR) is 86.0 cm³/mol. The van der Waals surface area contributed by atoms with Gasteiger partial charge in [0.1, 0.15) is 21.7 Å². The molecule has 1 aliphatic rings. The minimum absolute atomic E-state index is 0.150. The first-order valence-electron chi connectivity index (χ1n) is 6.93. The van der Waals surface area contributed by atoms with E-state index in [4.69, 9.17) is 11.6 Å². The van der Waals surface area contributed by atoms with E-state index in [1.165, 1.54) is 23.2 Å². The number of thiazole rings is 1. The number of nitrogens with zero attached hydrogens (tertiary/aromatic N) is 2. The van der Waals surface area contributed by atoms with Crippen molar-refractivity contribution in [3.05, 3.63) is 40.1 Å². The molecule has 1 saturated heterocycles. The zero-order valence-corrected chi connectivity index (χ0v) is 13.7. The molecule has 0 radical (unpaired) electrons. The van der Waals surface area contributed by atoms with Gasteiger partial charge >= 0.3 is 0 Å². The fraction of sp³-hybridized carbons (Fsp3) is 0.267. The van der Waals surface area contributed by atoms with Crippen molar-refractivity contribution in [2.45, 2.75) is 12.5 Å². The maximum atomic E-state index is 13.4. The molecule has 120 valence electrons. The Hall–Kier alpha value is -1.99. The molecule has 0 bridgehead atoms. The van der Waals surface area contributed by atoms with E-state index in [9.17, 15) is 14.0 Å². The molecule has 2 aromatic rings. The van der Waals surface area contributed by atoms with Crippen LogP contribution in [0.1, 0.15) is 16.1 Å². The summed E-state index contributed by atoms with van der Waals surface area (Å²) in [5.74, 6) is -0.892. The Labute approximate surface area is 141 Å². The first-order valence-corrected chi connectivity index (χ1v) is 8.12. The SMILES string of the molecule is CN(C(=O)c1cnc(-c2cc(F)cc(Cl)c2)s1)[C@H]1CCNC1=O. The molecule has 1 aromatic carbocycles. The molecule has 8 heteroatoms. The van der Waals surface area contributed by atoms with Gasteiger partial charge in [-0.15, -0.1) is 11.3 Å². The van der Waals surface area contributed by atoms with Crippen LogP contribution in [0.25, 0.3) is 10.6 Å². The second-order valence-electron chi connectivity index (χ2n) is 5.20. The van der Waals surface area contributed by atoms with Crippen LogP contribution in [-0.4, -0.2) is 41.3 Å². The van der Waals surface area contributed by atoms with Crippen LogP contribution in [0.4, 0.5) is 4.39 Å². The quantitative estimate of drug-likeness (QED) is 0.922. The highest BCUT2D eigenvalue weighted by atomic mass is 35.5. The average molecular weight is 354 g/mol. The fourth-order valence-corrected chi connectivity index (χ4v) is 3.56. The Morgan fingerprint density at radius 2 is 2.26 bits per heavy atom. The number of aromatic nitrogens is 1. The van der Waals surface area contributed by atoms with Gasteiger partial charge in [-0.3, -0.25) is 9.59 Å². The lowest BCUT2D eigenvalue weighted by atomic mass is 10.2. The lowest BCUT2D eigenvalue weighted by molar-refractivity contribution is -0.122. The van der Waals surface area contributed by atoms with Crippen molar-refractivity contribution in [3.8, 4) is 10.6 Å². The summed E-state index contributed by atoms with van der Waals surface area (Å²) in [4.78, 5) is 30.1. The number of amides is 2. The third kappa shape index (κ3) is 3.20. The molecule has 0 saturated carbocycles. The molecule has 5 nitrogen and oxygen atoms in total. The summed E-state index contributed by atoms with van der Waals surface area (Å²) in [5.41, 5.74) is 0.514. The molecule has 3 rings (SSSR count). The lowest BCUT2D eigenvalue weighted by Gasteiger charge is -2.21. The van der Waals surface area contributed by atoms with Crippen LogP contribution in [0.3, 0.4) is 0 Å². The average Bonchev–Trinajstić information content (AvgIpc) is 3.13. The van der Waals surface area contributed by atoms with Crippen LogP contribution in [0.2, 0.25) is 5.02 Å². The summed E-state index contributed by atoms with van der Waals surface area (Å²) in [6.45, 7) is 0.566. The Bertz CT molecular complexity index is 760. The molecule has 1 N–H and O–H groups in total. The van der Waals surface area contributed by atoms with Crippen LogP contribution >= 0.6 is 22.9 Å². The molecular weight excluding hydrogens is 341 g/mol. The minimum atomic E-state index is -0.463. The van der Waals surface area contributed by atoms with Crippen LogP contribution in [0.15, 0.2) is 24.4 Å². The maximum Gasteiger partial charge on any atom is 0.266 e.